The molecule has 3 N–H and O–H groups in total. The highest BCUT2D eigenvalue weighted by Gasteiger charge is 2.18. The number of carbonyl (C=O) groups is 2. The van der Waals surface area contributed by atoms with Gasteiger partial charge in [-0.15, -0.1) is 0 Å². The van der Waals surface area contributed by atoms with Gasteiger partial charge in [0.05, 0.1) is 21.3 Å². The van der Waals surface area contributed by atoms with Crippen LogP contribution in [0.5, 0.6) is 17.2 Å². The predicted molar refractivity (Wildman–Crippen MR) is 99.1 cm³/mol. The van der Waals surface area contributed by atoms with Gasteiger partial charge in [-0.2, -0.15) is 0 Å². The Balaban J connectivity index is 2.23. The molecule has 0 unspecified atom stereocenters. The first-order valence-electron chi connectivity index (χ1n) is 8.23. The van der Waals surface area contributed by atoms with Crippen LogP contribution >= 0.6 is 0 Å². The van der Waals surface area contributed by atoms with E-state index in [1.54, 1.807) is 29.7 Å². The summed E-state index contributed by atoms with van der Waals surface area (Å²) in [4.78, 5) is 24.3. The van der Waals surface area contributed by atoms with Gasteiger partial charge in [-0.05, 0) is 35.4 Å². The fraction of sp³-hybridized carbons (Fsp3) is 0.263. The van der Waals surface area contributed by atoms with E-state index in [4.69, 9.17) is 19.4 Å². The SMILES string of the molecule is COc1cc(CN(Cc2ccc(C(=O)NO)cc2)C(=O)O)cc(OC)c1OC. The number of benzene rings is 2. The Morgan fingerprint density at radius 2 is 1.46 bits per heavy atom. The maximum absolute atomic E-state index is 11.7. The van der Waals surface area contributed by atoms with Gasteiger partial charge >= 0.3 is 6.09 Å². The van der Waals surface area contributed by atoms with Crippen molar-refractivity contribution in [2.75, 3.05) is 21.3 Å². The highest BCUT2D eigenvalue weighted by Crippen LogP contribution is 2.38. The third-order valence-corrected chi connectivity index (χ3v) is 4.06. The maximum atomic E-state index is 11.7. The molecular weight excluding hydrogens is 368 g/mol. The summed E-state index contributed by atoms with van der Waals surface area (Å²) < 4.78 is 15.9. The molecule has 0 saturated carbocycles. The van der Waals surface area contributed by atoms with Crippen LogP contribution in [0.25, 0.3) is 0 Å². The normalized spacial score (nSPS) is 10.1. The van der Waals surface area contributed by atoms with E-state index in [9.17, 15) is 14.7 Å². The number of hydroxylamine groups is 1. The van der Waals surface area contributed by atoms with Crippen molar-refractivity contribution in [3.05, 3.63) is 53.1 Å². The van der Waals surface area contributed by atoms with Crippen LogP contribution in [0.15, 0.2) is 36.4 Å². The molecule has 2 rings (SSSR count). The quantitative estimate of drug-likeness (QED) is 0.468. The zero-order valence-electron chi connectivity index (χ0n) is 15.8. The van der Waals surface area contributed by atoms with Gasteiger partial charge in [-0.25, -0.2) is 10.3 Å². The van der Waals surface area contributed by atoms with E-state index < -0.39 is 12.0 Å². The second kappa shape index (κ2) is 9.47. The number of rotatable bonds is 8. The van der Waals surface area contributed by atoms with Gasteiger partial charge < -0.3 is 19.3 Å². The maximum Gasteiger partial charge on any atom is 0.407 e. The third kappa shape index (κ3) is 4.83. The summed E-state index contributed by atoms with van der Waals surface area (Å²) in [5, 5.41) is 18.2. The summed E-state index contributed by atoms with van der Waals surface area (Å²) in [6, 6.07) is 9.62. The van der Waals surface area contributed by atoms with E-state index in [1.165, 1.54) is 38.4 Å². The van der Waals surface area contributed by atoms with Gasteiger partial charge in [-0.3, -0.25) is 14.9 Å². The molecule has 9 heteroatoms. The van der Waals surface area contributed by atoms with E-state index in [2.05, 4.69) is 0 Å². The first kappa shape index (κ1) is 20.8. The van der Waals surface area contributed by atoms with Crippen molar-refractivity contribution in [3.8, 4) is 17.2 Å². The van der Waals surface area contributed by atoms with E-state index in [0.717, 1.165) is 0 Å². The summed E-state index contributed by atoms with van der Waals surface area (Å²) in [6.07, 6.45) is -1.11. The van der Waals surface area contributed by atoms with Gasteiger partial charge in [0, 0.05) is 18.7 Å². The Morgan fingerprint density at radius 3 is 1.89 bits per heavy atom. The number of nitrogens with one attached hydrogen (secondary N) is 1. The van der Waals surface area contributed by atoms with Crippen molar-refractivity contribution in [1.29, 1.82) is 0 Å². The Bertz CT molecular complexity index is 812. The summed E-state index contributed by atoms with van der Waals surface area (Å²) >= 11 is 0. The van der Waals surface area contributed by atoms with Crippen molar-refractivity contribution in [2.45, 2.75) is 13.1 Å². The molecule has 0 aliphatic heterocycles. The van der Waals surface area contributed by atoms with E-state index >= 15 is 0 Å². The minimum atomic E-state index is -1.11. The van der Waals surface area contributed by atoms with Gasteiger partial charge in [0.25, 0.3) is 5.91 Å². The van der Waals surface area contributed by atoms with Gasteiger partial charge in [0.15, 0.2) is 11.5 Å². The number of ether oxygens (including phenoxy) is 3. The Kier molecular flexibility index (Phi) is 7.05. The number of hydrogen-bond donors (Lipinski definition) is 3. The van der Waals surface area contributed by atoms with Crippen LogP contribution in [0.4, 0.5) is 4.79 Å². The van der Waals surface area contributed by atoms with Crippen LogP contribution < -0.4 is 19.7 Å². The van der Waals surface area contributed by atoms with Gasteiger partial charge in [0.1, 0.15) is 0 Å². The third-order valence-electron chi connectivity index (χ3n) is 4.06. The van der Waals surface area contributed by atoms with Crippen LogP contribution in [-0.4, -0.2) is 48.5 Å². The van der Waals surface area contributed by atoms with Gasteiger partial charge in [0.2, 0.25) is 5.75 Å². The molecule has 0 aliphatic rings. The van der Waals surface area contributed by atoms with Crippen LogP contribution in [0.2, 0.25) is 0 Å². The first-order valence-corrected chi connectivity index (χ1v) is 8.23. The number of methoxy groups -OCH3 is 3. The second-order valence-corrected chi connectivity index (χ2v) is 5.81. The average Bonchev–Trinajstić information content (AvgIpc) is 2.72. The molecule has 0 atom stereocenters. The van der Waals surface area contributed by atoms with Crippen LogP contribution in [0, 0.1) is 0 Å². The number of hydrogen-bond acceptors (Lipinski definition) is 6. The molecule has 0 fully saturated rings. The fourth-order valence-electron chi connectivity index (χ4n) is 2.68. The topological polar surface area (TPSA) is 118 Å². The number of carbonyl (C=O) groups excluding carboxylic acids is 1. The lowest BCUT2D eigenvalue weighted by Gasteiger charge is -2.21. The van der Waals surface area contributed by atoms with Crippen molar-refractivity contribution in [3.63, 3.8) is 0 Å². The first-order chi connectivity index (χ1) is 13.4. The standard InChI is InChI=1S/C19H22N2O7/c1-26-15-8-13(9-16(27-2)17(15)28-3)11-21(19(23)24)10-12-4-6-14(7-5-12)18(22)20-25/h4-9,25H,10-11H2,1-3H3,(H,20,22)(H,23,24). The predicted octanol–water partition coefficient (Wildman–Crippen LogP) is 2.51. The lowest BCUT2D eigenvalue weighted by atomic mass is 10.1. The lowest BCUT2D eigenvalue weighted by Crippen LogP contribution is -2.28. The van der Waals surface area contributed by atoms with E-state index in [0.29, 0.717) is 28.4 Å². The Hall–Kier alpha value is -3.46. The zero-order chi connectivity index (χ0) is 20.7. The molecule has 0 bridgehead atoms. The molecule has 2 amide bonds. The molecule has 2 aromatic rings. The van der Waals surface area contributed by atoms with Gasteiger partial charge in [-0.1, -0.05) is 12.1 Å². The lowest BCUT2D eigenvalue weighted by molar-refractivity contribution is 0.0706. The molecule has 0 aliphatic carbocycles. The number of amides is 2. The highest BCUT2D eigenvalue weighted by molar-refractivity contribution is 5.93. The fourth-order valence-corrected chi connectivity index (χ4v) is 2.68. The number of nitrogens with zero attached hydrogens (tertiary/aromatic N) is 1. The average molecular weight is 390 g/mol. The molecule has 0 spiro atoms. The molecule has 0 radical (unpaired) electrons. The molecule has 0 heterocycles. The largest absolute Gasteiger partial charge is 0.493 e. The van der Waals surface area contributed by atoms with Crippen molar-refractivity contribution < 1.29 is 34.1 Å². The van der Waals surface area contributed by atoms with Crippen LogP contribution in [0.3, 0.4) is 0 Å². The molecular formula is C19H22N2O7. The van der Waals surface area contributed by atoms with Crippen molar-refractivity contribution >= 4 is 12.0 Å². The summed E-state index contributed by atoms with van der Waals surface area (Å²) in [7, 11) is 4.46. The van der Waals surface area contributed by atoms with E-state index in [-0.39, 0.29) is 18.7 Å². The second-order valence-electron chi connectivity index (χ2n) is 5.81. The Labute approximate surface area is 162 Å². The smallest absolute Gasteiger partial charge is 0.407 e. The zero-order valence-corrected chi connectivity index (χ0v) is 15.8. The van der Waals surface area contributed by atoms with Crippen molar-refractivity contribution in [2.24, 2.45) is 0 Å². The summed E-state index contributed by atoms with van der Waals surface area (Å²) in [5.74, 6) is 0.649. The summed E-state index contributed by atoms with van der Waals surface area (Å²) in [6.45, 7) is 0.192. The molecule has 150 valence electrons. The molecule has 0 aromatic heterocycles. The molecule has 28 heavy (non-hydrogen) atoms. The van der Waals surface area contributed by atoms with Crippen LogP contribution in [0.1, 0.15) is 21.5 Å². The minimum absolute atomic E-state index is 0.0882. The van der Waals surface area contributed by atoms with Crippen molar-refractivity contribution in [1.82, 2.24) is 10.4 Å². The summed E-state index contributed by atoms with van der Waals surface area (Å²) in [5.41, 5.74) is 3.15. The van der Waals surface area contributed by atoms with E-state index in [1.807, 2.05) is 0 Å². The molecule has 9 nitrogen and oxygen atoms in total. The Morgan fingerprint density at radius 1 is 0.929 bits per heavy atom. The number of carboxylic acid groups (broad SMARTS) is 1. The molecule has 2 aromatic carbocycles. The highest BCUT2D eigenvalue weighted by atomic mass is 16.5. The monoisotopic (exact) mass is 390 g/mol. The minimum Gasteiger partial charge on any atom is -0.493 e. The van der Waals surface area contributed by atoms with Crippen LogP contribution in [-0.2, 0) is 13.1 Å². The molecule has 0 saturated heterocycles.